The number of hydrogen-bond donors (Lipinski definition) is 5. The van der Waals surface area contributed by atoms with E-state index in [9.17, 15) is 29.5 Å². The number of aliphatic hydroxyl groups is 1. The second kappa shape index (κ2) is 21.6. The molecule has 5 N–H and O–H groups in total. The molecule has 3 aromatic carbocycles. The first-order valence-electron chi connectivity index (χ1n) is 22.2. The van der Waals surface area contributed by atoms with E-state index in [1.54, 1.807) is 48.6 Å². The van der Waals surface area contributed by atoms with Crippen molar-refractivity contribution in [3.8, 4) is 22.3 Å². The van der Waals surface area contributed by atoms with Crippen molar-refractivity contribution in [3.05, 3.63) is 99.6 Å². The number of rotatable bonds is 20. The molecule has 1 saturated carbocycles. The van der Waals surface area contributed by atoms with E-state index < -0.39 is 30.0 Å². The van der Waals surface area contributed by atoms with Crippen molar-refractivity contribution >= 4 is 52.3 Å². The van der Waals surface area contributed by atoms with Crippen LogP contribution in [-0.4, -0.2) is 95.3 Å². The van der Waals surface area contributed by atoms with E-state index in [1.807, 2.05) is 48.8 Å². The highest BCUT2D eigenvalue weighted by molar-refractivity contribution is 7.13. The summed E-state index contributed by atoms with van der Waals surface area (Å²) in [4.78, 5) is 59.7. The van der Waals surface area contributed by atoms with Crippen LogP contribution in [-0.2, 0) is 25.7 Å². The van der Waals surface area contributed by atoms with Gasteiger partial charge in [-0.05, 0) is 80.1 Å². The van der Waals surface area contributed by atoms with Crippen molar-refractivity contribution in [2.24, 2.45) is 10.8 Å². The van der Waals surface area contributed by atoms with Crippen LogP contribution < -0.4 is 26.0 Å². The summed E-state index contributed by atoms with van der Waals surface area (Å²) in [6, 6.07) is 20.5. The van der Waals surface area contributed by atoms with Crippen molar-refractivity contribution in [3.63, 3.8) is 0 Å². The third-order valence-electron chi connectivity index (χ3n) is 12.4. The minimum atomic E-state index is -0.860. The second-order valence-corrected chi connectivity index (χ2v) is 19.3. The van der Waals surface area contributed by atoms with Crippen LogP contribution in [0.2, 0.25) is 5.02 Å². The maximum Gasteiger partial charge on any atom is 0.251 e. The second-order valence-electron chi connectivity index (χ2n) is 18.0. The van der Waals surface area contributed by atoms with Crippen LogP contribution in [0.15, 0.2) is 72.2 Å². The highest BCUT2D eigenvalue weighted by Gasteiger charge is 2.64. The Balaban J connectivity index is 0.851. The first-order chi connectivity index (χ1) is 31.0. The third kappa shape index (κ3) is 11.8. The summed E-state index contributed by atoms with van der Waals surface area (Å²) in [5.41, 5.74) is 5.82. The normalized spacial score (nSPS) is 19.9. The largest absolute Gasteiger partial charge is 0.489 e. The Morgan fingerprint density at radius 3 is 2.38 bits per heavy atom. The van der Waals surface area contributed by atoms with Crippen LogP contribution in [0.4, 0.5) is 5.69 Å². The molecule has 2 aliphatic rings. The van der Waals surface area contributed by atoms with Gasteiger partial charge in [-0.15, -0.1) is 11.3 Å². The van der Waals surface area contributed by atoms with Gasteiger partial charge in [0.15, 0.2) is 0 Å². The number of unbranched alkanes of at least 4 members (excludes halogenated alkanes) is 2. The van der Waals surface area contributed by atoms with Crippen molar-refractivity contribution in [1.82, 2.24) is 25.8 Å². The first-order valence-corrected chi connectivity index (χ1v) is 23.4. The molecule has 1 saturated heterocycles. The number of carbonyl (C=O) groups is 4. The summed E-state index contributed by atoms with van der Waals surface area (Å²) in [6.45, 7) is 13.2. The number of nitrogens with zero attached hydrogens (tertiary/aromatic N) is 3. The van der Waals surface area contributed by atoms with Gasteiger partial charge in [0.05, 0.1) is 32.8 Å². The standard InChI is InChI=1S/C49H60ClN7O7S/c1-7-39(45(62)57-27-36(58)23-40(57)44(61)53-26-31-11-13-32(14-12-31)42-30(2)54-29-65-42)55-41(59)28-63-22-10-8-9-21-52-35-18-15-33(16-19-35)43(60)56-46-48(3,4)47(49(46,5)6)64-37-20-17-34(25-51)38(50)24-37/h11-20,24,29,36,39-40,46-47,52,58H,7-10,21-23,26-28H2,1-6H3,(H,53,61)(H,55,59)(H,56,60)/t36-,39+,40+,46?,47?/m1/s1. The molecule has 0 radical (unpaired) electrons. The molecule has 4 aromatic rings. The SMILES string of the molecule is CC[C@H](NC(=O)COCCCCCNc1ccc(C(=O)NC2C(C)(C)C(Oc3ccc(C#N)c(Cl)c3)C2(C)C)cc1)C(=O)N1C[C@H](O)C[C@H]1C(=O)NCc1ccc(-c2scnc2C)cc1. The molecule has 1 aliphatic heterocycles. The van der Waals surface area contributed by atoms with E-state index in [-0.39, 0.29) is 60.9 Å². The molecule has 16 heteroatoms. The number of nitrogens with one attached hydrogen (secondary N) is 4. The Hall–Kier alpha value is -5.53. The van der Waals surface area contributed by atoms with Gasteiger partial charge in [0.25, 0.3) is 5.91 Å². The van der Waals surface area contributed by atoms with Gasteiger partial charge in [-0.3, -0.25) is 19.2 Å². The van der Waals surface area contributed by atoms with E-state index in [2.05, 4.69) is 60.0 Å². The molecule has 65 heavy (non-hydrogen) atoms. The molecule has 1 aliphatic carbocycles. The summed E-state index contributed by atoms with van der Waals surface area (Å²) in [7, 11) is 0. The van der Waals surface area contributed by atoms with Crippen LogP contribution >= 0.6 is 22.9 Å². The molecule has 4 amide bonds. The summed E-state index contributed by atoms with van der Waals surface area (Å²) in [5.74, 6) is -0.780. The van der Waals surface area contributed by atoms with Gasteiger partial charge in [-0.2, -0.15) is 5.26 Å². The lowest BCUT2D eigenvalue weighted by Gasteiger charge is -2.63. The van der Waals surface area contributed by atoms with E-state index in [1.165, 1.54) is 4.90 Å². The minimum absolute atomic E-state index is 0.00987. The Bertz CT molecular complexity index is 2330. The van der Waals surface area contributed by atoms with Crippen molar-refractivity contribution in [1.29, 1.82) is 5.26 Å². The minimum Gasteiger partial charge on any atom is -0.489 e. The molecule has 3 atom stereocenters. The molecule has 0 bridgehead atoms. The fourth-order valence-electron chi connectivity index (χ4n) is 9.19. The lowest BCUT2D eigenvalue weighted by molar-refractivity contribution is -0.164. The predicted molar refractivity (Wildman–Crippen MR) is 251 cm³/mol. The smallest absolute Gasteiger partial charge is 0.251 e. The predicted octanol–water partition coefficient (Wildman–Crippen LogP) is 7.03. The number of ether oxygens (including phenoxy) is 2. The van der Waals surface area contributed by atoms with Gasteiger partial charge in [0, 0.05) is 66.9 Å². The third-order valence-corrected chi connectivity index (χ3v) is 13.7. The van der Waals surface area contributed by atoms with Crippen LogP contribution in [0.3, 0.4) is 0 Å². The number of nitriles is 1. The Morgan fingerprint density at radius 1 is 1.02 bits per heavy atom. The molecule has 1 aromatic heterocycles. The molecule has 14 nitrogen and oxygen atoms in total. The molecule has 6 rings (SSSR count). The zero-order valence-electron chi connectivity index (χ0n) is 37.9. The van der Waals surface area contributed by atoms with Gasteiger partial charge in [0.2, 0.25) is 17.7 Å². The number of aliphatic hydroxyl groups excluding tert-OH is 1. The lowest BCUT2D eigenvalue weighted by Crippen LogP contribution is -2.74. The van der Waals surface area contributed by atoms with E-state index in [0.29, 0.717) is 41.5 Å². The van der Waals surface area contributed by atoms with E-state index >= 15 is 0 Å². The number of anilines is 1. The highest BCUT2D eigenvalue weighted by Crippen LogP contribution is 2.55. The topological polar surface area (TPSA) is 195 Å². The van der Waals surface area contributed by atoms with Gasteiger partial charge in [-0.25, -0.2) is 4.98 Å². The number of β-amino-alcohol motifs (C(OH)–C–C–N with tert-alkyl or cyclic N) is 1. The van der Waals surface area contributed by atoms with Crippen LogP contribution in [0.5, 0.6) is 5.75 Å². The van der Waals surface area contributed by atoms with Crippen LogP contribution in [0, 0.1) is 29.1 Å². The van der Waals surface area contributed by atoms with Crippen molar-refractivity contribution < 1.29 is 33.8 Å². The van der Waals surface area contributed by atoms with Gasteiger partial charge in [0.1, 0.15) is 36.6 Å². The number of benzene rings is 3. The average molecular weight is 927 g/mol. The van der Waals surface area contributed by atoms with E-state index in [4.69, 9.17) is 21.1 Å². The zero-order valence-corrected chi connectivity index (χ0v) is 39.5. The zero-order chi connectivity index (χ0) is 46.9. The molecule has 2 fully saturated rings. The van der Waals surface area contributed by atoms with Gasteiger partial charge >= 0.3 is 0 Å². The average Bonchev–Trinajstić information content (AvgIpc) is 3.91. The van der Waals surface area contributed by atoms with Crippen LogP contribution in [0.1, 0.15) is 93.9 Å². The van der Waals surface area contributed by atoms with Gasteiger partial charge < -0.3 is 40.7 Å². The quantitative estimate of drug-likeness (QED) is 0.0575. The maximum atomic E-state index is 13.6. The summed E-state index contributed by atoms with van der Waals surface area (Å²) in [5, 5.41) is 32.2. The fraction of sp³-hybridized carbons (Fsp3) is 0.469. The summed E-state index contributed by atoms with van der Waals surface area (Å²) in [6.07, 6.45) is 1.85. The summed E-state index contributed by atoms with van der Waals surface area (Å²) < 4.78 is 12.0. The Kier molecular flexibility index (Phi) is 16.3. The molecule has 346 valence electrons. The number of aromatic nitrogens is 1. The number of hydrogen-bond acceptors (Lipinski definition) is 11. The van der Waals surface area contributed by atoms with Crippen molar-refractivity contribution in [2.45, 2.75) is 111 Å². The van der Waals surface area contributed by atoms with Crippen molar-refractivity contribution in [2.75, 3.05) is 31.6 Å². The monoisotopic (exact) mass is 925 g/mol. The molecular weight excluding hydrogens is 866 g/mol. The van der Waals surface area contributed by atoms with Crippen LogP contribution in [0.25, 0.3) is 10.4 Å². The summed E-state index contributed by atoms with van der Waals surface area (Å²) >= 11 is 7.80. The number of thiazole rings is 1. The number of halogens is 1. The van der Waals surface area contributed by atoms with E-state index in [0.717, 1.165) is 46.6 Å². The number of carbonyl (C=O) groups excluding carboxylic acids is 4. The lowest BCUT2D eigenvalue weighted by atomic mass is 9.49. The molecular formula is C49H60ClN7O7S. The maximum absolute atomic E-state index is 13.6. The Morgan fingerprint density at radius 2 is 1.74 bits per heavy atom. The molecule has 0 unspecified atom stereocenters. The number of likely N-dealkylation sites (tertiary alicyclic amines) is 1. The van der Waals surface area contributed by atoms with Gasteiger partial charge in [-0.1, -0.05) is 70.5 Å². The Labute approximate surface area is 390 Å². The molecule has 0 spiro atoms. The molecule has 2 heterocycles. The number of amides is 4. The number of aryl methyl sites for hydroxylation is 1. The fourth-order valence-corrected chi connectivity index (χ4v) is 10.2. The highest BCUT2D eigenvalue weighted by atomic mass is 35.5. The first kappa shape index (κ1) is 48.9.